The number of thiophene rings is 2. The van der Waals surface area contributed by atoms with Gasteiger partial charge in [0.05, 0.1) is 18.7 Å². The quantitative estimate of drug-likeness (QED) is 0.853. The van der Waals surface area contributed by atoms with Gasteiger partial charge in [0.2, 0.25) is 0 Å². The molecule has 0 bridgehead atoms. The topological polar surface area (TPSA) is 49.3 Å². The van der Waals surface area contributed by atoms with Crippen LogP contribution in [0.2, 0.25) is 0 Å². The Morgan fingerprint density at radius 1 is 1.40 bits per heavy atom. The molecule has 0 fully saturated rings. The Bertz CT molecular complexity index is 646. The van der Waals surface area contributed by atoms with E-state index in [0.29, 0.717) is 13.0 Å². The van der Waals surface area contributed by atoms with Gasteiger partial charge in [-0.2, -0.15) is 11.3 Å². The average Bonchev–Trinajstić information content (AvgIpc) is 3.05. The first-order valence-corrected chi connectivity index (χ1v) is 8.01. The summed E-state index contributed by atoms with van der Waals surface area (Å²) in [4.78, 5) is 13.0. The van der Waals surface area contributed by atoms with E-state index >= 15 is 0 Å². The summed E-state index contributed by atoms with van der Waals surface area (Å²) in [6.45, 7) is 2.53. The summed E-state index contributed by atoms with van der Waals surface area (Å²) < 4.78 is 0. The normalized spacial score (nSPS) is 9.90. The van der Waals surface area contributed by atoms with E-state index in [9.17, 15) is 4.79 Å². The first-order chi connectivity index (χ1) is 9.70. The summed E-state index contributed by atoms with van der Waals surface area (Å²) in [6.07, 6.45) is 0.485. The van der Waals surface area contributed by atoms with Gasteiger partial charge in [0, 0.05) is 27.6 Å². The highest BCUT2D eigenvalue weighted by molar-refractivity contribution is 7.10. The smallest absolute Gasteiger partial charge is 0.252 e. The molecule has 2 aromatic heterocycles. The van der Waals surface area contributed by atoms with Crippen molar-refractivity contribution in [2.75, 3.05) is 6.61 Å². The van der Waals surface area contributed by atoms with Crippen molar-refractivity contribution in [1.29, 1.82) is 0 Å². The molecular weight excluding hydrogens is 290 g/mol. The molecule has 0 aliphatic rings. The number of aliphatic hydroxyl groups excluding tert-OH is 1. The molecule has 0 unspecified atom stereocenters. The predicted molar refractivity (Wildman–Crippen MR) is 83.1 cm³/mol. The van der Waals surface area contributed by atoms with Gasteiger partial charge in [-0.15, -0.1) is 11.3 Å². The second kappa shape index (κ2) is 7.25. The molecule has 2 aromatic rings. The number of carbonyl (C=O) groups excluding carboxylic acids is 1. The van der Waals surface area contributed by atoms with E-state index < -0.39 is 0 Å². The molecule has 0 atom stereocenters. The van der Waals surface area contributed by atoms with Crippen LogP contribution in [0, 0.1) is 18.8 Å². The first-order valence-electron chi connectivity index (χ1n) is 6.19. The van der Waals surface area contributed by atoms with Crippen LogP contribution in [0.1, 0.15) is 32.8 Å². The summed E-state index contributed by atoms with van der Waals surface area (Å²) in [5, 5.41) is 17.4. The number of aryl methyl sites for hydroxylation is 1. The van der Waals surface area contributed by atoms with Crippen molar-refractivity contribution in [1.82, 2.24) is 5.32 Å². The van der Waals surface area contributed by atoms with E-state index in [-0.39, 0.29) is 12.5 Å². The van der Waals surface area contributed by atoms with E-state index in [4.69, 9.17) is 5.11 Å². The fourth-order valence-corrected chi connectivity index (χ4v) is 3.20. The molecule has 2 heterocycles. The number of rotatable bonds is 4. The molecule has 20 heavy (non-hydrogen) atoms. The second-order valence-electron chi connectivity index (χ2n) is 4.23. The highest BCUT2D eigenvalue weighted by Gasteiger charge is 2.09. The van der Waals surface area contributed by atoms with Crippen LogP contribution in [-0.2, 0) is 6.54 Å². The molecule has 5 heteroatoms. The fraction of sp³-hybridized carbons (Fsp3) is 0.267. The maximum absolute atomic E-state index is 12.0. The van der Waals surface area contributed by atoms with Crippen LogP contribution < -0.4 is 5.32 Å². The number of nitrogens with one attached hydrogen (secondary N) is 1. The lowest BCUT2D eigenvalue weighted by molar-refractivity contribution is 0.0951. The van der Waals surface area contributed by atoms with Gasteiger partial charge in [0.15, 0.2) is 0 Å². The molecule has 3 nitrogen and oxygen atoms in total. The summed E-state index contributed by atoms with van der Waals surface area (Å²) in [7, 11) is 0. The monoisotopic (exact) mass is 305 g/mol. The van der Waals surface area contributed by atoms with E-state index in [1.54, 1.807) is 11.3 Å². The number of amides is 1. The third-order valence-electron chi connectivity index (χ3n) is 2.65. The van der Waals surface area contributed by atoms with Crippen LogP contribution in [0.3, 0.4) is 0 Å². The molecule has 0 radical (unpaired) electrons. The standard InChI is InChI=1S/C15H15NO2S2/c1-11-8-19-10-14(11)15(18)16-7-13-6-12(9-20-13)4-2-3-5-17/h6,8-10,17H,3,5,7H2,1H3,(H,16,18). The molecule has 0 aliphatic carbocycles. The largest absolute Gasteiger partial charge is 0.395 e. The third-order valence-corrected chi connectivity index (χ3v) is 4.44. The van der Waals surface area contributed by atoms with Crippen LogP contribution in [0.25, 0.3) is 0 Å². The Kier molecular flexibility index (Phi) is 5.36. The minimum Gasteiger partial charge on any atom is -0.395 e. The number of aliphatic hydroxyl groups is 1. The van der Waals surface area contributed by atoms with E-state index in [2.05, 4.69) is 17.2 Å². The van der Waals surface area contributed by atoms with Gasteiger partial charge in [-0.3, -0.25) is 4.79 Å². The van der Waals surface area contributed by atoms with Gasteiger partial charge >= 0.3 is 0 Å². The highest BCUT2D eigenvalue weighted by atomic mass is 32.1. The zero-order valence-corrected chi connectivity index (χ0v) is 12.7. The van der Waals surface area contributed by atoms with Crippen LogP contribution in [0.4, 0.5) is 0 Å². The SMILES string of the molecule is Cc1cscc1C(=O)NCc1cc(C#CCCO)cs1. The second-order valence-corrected chi connectivity index (χ2v) is 5.97. The molecular formula is C15H15NO2S2. The zero-order chi connectivity index (χ0) is 14.4. The van der Waals surface area contributed by atoms with Crippen LogP contribution in [0.5, 0.6) is 0 Å². The summed E-state index contributed by atoms with van der Waals surface area (Å²) in [5.74, 6) is 5.82. The Hall–Kier alpha value is -1.61. The lowest BCUT2D eigenvalue weighted by atomic mass is 10.2. The van der Waals surface area contributed by atoms with Gasteiger partial charge in [-0.25, -0.2) is 0 Å². The zero-order valence-electron chi connectivity index (χ0n) is 11.1. The fourth-order valence-electron chi connectivity index (χ4n) is 1.62. The number of carbonyl (C=O) groups is 1. The number of hydrogen-bond donors (Lipinski definition) is 2. The molecule has 1 amide bonds. The molecule has 104 valence electrons. The molecule has 0 saturated heterocycles. The van der Waals surface area contributed by atoms with Crippen molar-refractivity contribution in [3.63, 3.8) is 0 Å². The highest BCUT2D eigenvalue weighted by Crippen LogP contribution is 2.16. The van der Waals surface area contributed by atoms with Gasteiger partial charge in [0.1, 0.15) is 0 Å². The van der Waals surface area contributed by atoms with Crippen molar-refractivity contribution in [3.05, 3.63) is 43.8 Å². The van der Waals surface area contributed by atoms with Gasteiger partial charge < -0.3 is 10.4 Å². The summed E-state index contributed by atoms with van der Waals surface area (Å²) in [6, 6.07) is 1.97. The van der Waals surface area contributed by atoms with Crippen LogP contribution in [0.15, 0.2) is 22.2 Å². The molecule has 0 aliphatic heterocycles. The summed E-state index contributed by atoms with van der Waals surface area (Å²) in [5.41, 5.74) is 2.68. The van der Waals surface area contributed by atoms with E-state index in [1.807, 2.05) is 29.1 Å². The van der Waals surface area contributed by atoms with Crippen LogP contribution in [-0.4, -0.2) is 17.6 Å². The van der Waals surface area contributed by atoms with Crippen LogP contribution >= 0.6 is 22.7 Å². The van der Waals surface area contributed by atoms with Crippen molar-refractivity contribution in [2.45, 2.75) is 19.9 Å². The molecule has 2 rings (SSSR count). The third kappa shape index (κ3) is 3.94. The molecule has 0 aromatic carbocycles. The number of hydrogen-bond acceptors (Lipinski definition) is 4. The molecule has 0 spiro atoms. The Labute approximate surface area is 126 Å². The Morgan fingerprint density at radius 2 is 2.25 bits per heavy atom. The first kappa shape index (κ1) is 14.8. The maximum atomic E-state index is 12.0. The van der Waals surface area contributed by atoms with Crippen molar-refractivity contribution < 1.29 is 9.90 Å². The average molecular weight is 305 g/mol. The van der Waals surface area contributed by atoms with Gasteiger partial charge in [0.25, 0.3) is 5.91 Å². The van der Waals surface area contributed by atoms with Crippen molar-refractivity contribution >= 4 is 28.6 Å². The Morgan fingerprint density at radius 3 is 2.95 bits per heavy atom. The Balaban J connectivity index is 1.90. The van der Waals surface area contributed by atoms with E-state index in [1.165, 1.54) is 11.3 Å². The lowest BCUT2D eigenvalue weighted by Gasteiger charge is -2.02. The van der Waals surface area contributed by atoms with Gasteiger partial charge in [-0.1, -0.05) is 11.8 Å². The minimum absolute atomic E-state index is 0.0370. The van der Waals surface area contributed by atoms with E-state index in [0.717, 1.165) is 21.6 Å². The maximum Gasteiger partial charge on any atom is 0.252 e. The lowest BCUT2D eigenvalue weighted by Crippen LogP contribution is -2.22. The predicted octanol–water partition coefficient (Wildman–Crippen LogP) is 2.78. The van der Waals surface area contributed by atoms with Crippen molar-refractivity contribution in [2.24, 2.45) is 0 Å². The summed E-state index contributed by atoms with van der Waals surface area (Å²) >= 11 is 3.11. The van der Waals surface area contributed by atoms with Crippen molar-refractivity contribution in [3.8, 4) is 11.8 Å². The minimum atomic E-state index is -0.0370. The molecule has 2 N–H and O–H groups in total. The molecule has 0 saturated carbocycles. The van der Waals surface area contributed by atoms with Gasteiger partial charge in [-0.05, 0) is 23.9 Å².